The molecule has 2 aromatic rings. The Labute approximate surface area is 127 Å². The number of aromatic carboxylic acids is 1. The highest BCUT2D eigenvalue weighted by molar-refractivity contribution is 6.31. The van der Waals surface area contributed by atoms with Crippen molar-refractivity contribution in [1.82, 2.24) is 14.8 Å². The third kappa shape index (κ3) is 3.16. The lowest BCUT2D eigenvalue weighted by Crippen LogP contribution is -2.09. The van der Waals surface area contributed by atoms with Gasteiger partial charge in [0.25, 0.3) is 0 Å². The summed E-state index contributed by atoms with van der Waals surface area (Å²) in [5.41, 5.74) is 2.00. The third-order valence-electron chi connectivity index (χ3n) is 3.07. The average molecular weight is 310 g/mol. The first-order chi connectivity index (χ1) is 9.93. The van der Waals surface area contributed by atoms with Gasteiger partial charge in [-0.1, -0.05) is 18.5 Å². The van der Waals surface area contributed by atoms with Crippen molar-refractivity contribution >= 4 is 17.6 Å². The molecule has 7 heteroatoms. The maximum Gasteiger partial charge on any atom is 0.358 e. The van der Waals surface area contributed by atoms with Crippen LogP contribution in [0.5, 0.6) is 5.75 Å². The fourth-order valence-corrected chi connectivity index (χ4v) is 2.28. The van der Waals surface area contributed by atoms with Gasteiger partial charge in [0.2, 0.25) is 0 Å². The van der Waals surface area contributed by atoms with Crippen LogP contribution in [-0.4, -0.2) is 25.8 Å². The minimum absolute atomic E-state index is 0.107. The number of carboxylic acid groups (broad SMARTS) is 1. The molecule has 112 valence electrons. The van der Waals surface area contributed by atoms with Crippen molar-refractivity contribution in [2.75, 3.05) is 0 Å². The zero-order valence-corrected chi connectivity index (χ0v) is 12.8. The summed E-state index contributed by atoms with van der Waals surface area (Å²) in [5.74, 6) is -0.914. The summed E-state index contributed by atoms with van der Waals surface area (Å²) in [6.07, 6.45) is 0.721. The van der Waals surface area contributed by atoms with E-state index in [-0.39, 0.29) is 18.1 Å². The molecule has 0 aromatic carbocycles. The number of pyridine rings is 1. The van der Waals surface area contributed by atoms with Gasteiger partial charge >= 0.3 is 5.97 Å². The second-order valence-corrected chi connectivity index (χ2v) is 4.96. The van der Waals surface area contributed by atoms with Crippen LogP contribution in [0.25, 0.3) is 0 Å². The van der Waals surface area contributed by atoms with Gasteiger partial charge in [0.15, 0.2) is 11.4 Å². The normalized spacial score (nSPS) is 10.7. The molecule has 2 aromatic heterocycles. The summed E-state index contributed by atoms with van der Waals surface area (Å²) in [4.78, 5) is 15.2. The first kappa shape index (κ1) is 15.3. The Morgan fingerprint density at radius 3 is 2.76 bits per heavy atom. The zero-order chi connectivity index (χ0) is 15.6. The van der Waals surface area contributed by atoms with Crippen LogP contribution in [0.3, 0.4) is 0 Å². The van der Waals surface area contributed by atoms with Crippen molar-refractivity contribution in [2.24, 2.45) is 7.05 Å². The molecule has 0 atom stereocenters. The van der Waals surface area contributed by atoms with Gasteiger partial charge in [-0.15, -0.1) is 0 Å². The largest absolute Gasteiger partial charge is 0.485 e. The molecule has 0 aliphatic heterocycles. The number of hydrogen-bond acceptors (Lipinski definition) is 4. The number of halogens is 1. The van der Waals surface area contributed by atoms with Gasteiger partial charge in [-0.2, -0.15) is 5.10 Å². The molecule has 0 unspecified atom stereocenters. The summed E-state index contributed by atoms with van der Waals surface area (Å²) in [5, 5.41) is 14.0. The van der Waals surface area contributed by atoms with Gasteiger partial charge in [-0.25, -0.2) is 9.78 Å². The smallest absolute Gasteiger partial charge is 0.358 e. The predicted molar refractivity (Wildman–Crippen MR) is 77.9 cm³/mol. The Balaban J connectivity index is 2.25. The lowest BCUT2D eigenvalue weighted by Gasteiger charge is -2.09. The molecule has 2 rings (SSSR count). The fraction of sp³-hybridized carbons (Fsp3) is 0.357. The topological polar surface area (TPSA) is 77.2 Å². The van der Waals surface area contributed by atoms with Gasteiger partial charge in [0.05, 0.1) is 16.4 Å². The van der Waals surface area contributed by atoms with E-state index in [2.05, 4.69) is 10.1 Å². The standard InChI is InChI=1S/C14H16ClN3O3/c1-4-9-12(15)10(18(3)17-9)7-21-11-6-5-8(2)16-13(11)14(19)20/h5-6H,4,7H2,1-3H3,(H,19,20). The molecule has 0 aliphatic rings. The van der Waals surface area contributed by atoms with E-state index >= 15 is 0 Å². The van der Waals surface area contributed by atoms with Crippen LogP contribution in [0.1, 0.15) is 34.5 Å². The van der Waals surface area contributed by atoms with E-state index in [4.69, 9.17) is 21.4 Å². The number of rotatable bonds is 5. The van der Waals surface area contributed by atoms with E-state index < -0.39 is 5.97 Å². The molecule has 0 bridgehead atoms. The average Bonchev–Trinajstić information content (AvgIpc) is 2.72. The van der Waals surface area contributed by atoms with E-state index in [1.165, 1.54) is 0 Å². The van der Waals surface area contributed by atoms with Crippen LogP contribution in [0.15, 0.2) is 12.1 Å². The molecule has 0 saturated carbocycles. The third-order valence-corrected chi connectivity index (χ3v) is 3.50. The van der Waals surface area contributed by atoms with Gasteiger partial charge in [0, 0.05) is 12.7 Å². The molecular formula is C14H16ClN3O3. The van der Waals surface area contributed by atoms with E-state index in [9.17, 15) is 4.79 Å². The number of carbonyl (C=O) groups is 1. The minimum Gasteiger partial charge on any atom is -0.485 e. The first-order valence-corrected chi connectivity index (χ1v) is 6.85. The zero-order valence-electron chi connectivity index (χ0n) is 12.1. The van der Waals surface area contributed by atoms with Crippen molar-refractivity contribution in [1.29, 1.82) is 0 Å². The lowest BCUT2D eigenvalue weighted by molar-refractivity contribution is 0.0684. The summed E-state index contributed by atoms with van der Waals surface area (Å²) >= 11 is 6.23. The number of aromatic nitrogens is 3. The molecule has 6 nitrogen and oxygen atoms in total. The molecule has 0 spiro atoms. The van der Waals surface area contributed by atoms with E-state index in [0.29, 0.717) is 16.4 Å². The number of aryl methyl sites for hydroxylation is 3. The number of nitrogens with zero attached hydrogens (tertiary/aromatic N) is 3. The lowest BCUT2D eigenvalue weighted by atomic mass is 10.3. The first-order valence-electron chi connectivity index (χ1n) is 6.48. The van der Waals surface area contributed by atoms with Crippen molar-refractivity contribution in [3.8, 4) is 5.75 Å². The Bertz CT molecular complexity index is 682. The van der Waals surface area contributed by atoms with E-state index in [0.717, 1.165) is 12.1 Å². The second-order valence-electron chi connectivity index (χ2n) is 4.58. The van der Waals surface area contributed by atoms with Crippen LogP contribution in [0.2, 0.25) is 5.02 Å². The Morgan fingerprint density at radius 2 is 2.19 bits per heavy atom. The molecular weight excluding hydrogens is 294 g/mol. The van der Waals surface area contributed by atoms with Crippen molar-refractivity contribution < 1.29 is 14.6 Å². The SMILES string of the molecule is CCc1nn(C)c(COc2ccc(C)nc2C(=O)O)c1Cl. The number of ether oxygens (including phenoxy) is 1. The van der Waals surface area contributed by atoms with Gasteiger partial charge in [0.1, 0.15) is 6.61 Å². The van der Waals surface area contributed by atoms with Crippen LogP contribution >= 0.6 is 11.6 Å². The number of carboxylic acids is 1. The van der Waals surface area contributed by atoms with Crippen LogP contribution in [0.4, 0.5) is 0 Å². The maximum absolute atomic E-state index is 11.2. The summed E-state index contributed by atoms with van der Waals surface area (Å²) < 4.78 is 7.21. The summed E-state index contributed by atoms with van der Waals surface area (Å²) in [7, 11) is 1.77. The fourth-order valence-electron chi connectivity index (χ4n) is 1.94. The van der Waals surface area contributed by atoms with Crippen LogP contribution < -0.4 is 4.74 Å². The number of hydrogen-bond donors (Lipinski definition) is 1. The predicted octanol–water partition coefficient (Wildman–Crippen LogP) is 2.62. The Morgan fingerprint density at radius 1 is 1.48 bits per heavy atom. The monoisotopic (exact) mass is 309 g/mol. The molecule has 21 heavy (non-hydrogen) atoms. The summed E-state index contributed by atoms with van der Waals surface area (Å²) in [6, 6.07) is 3.29. The molecule has 0 fully saturated rings. The second kappa shape index (κ2) is 6.13. The summed E-state index contributed by atoms with van der Waals surface area (Å²) in [6.45, 7) is 3.82. The highest BCUT2D eigenvalue weighted by Crippen LogP contribution is 2.24. The molecule has 2 heterocycles. The van der Waals surface area contributed by atoms with Crippen molar-refractivity contribution in [3.05, 3.63) is 39.9 Å². The Hall–Kier alpha value is -2.08. The van der Waals surface area contributed by atoms with Crippen LogP contribution in [0, 0.1) is 6.92 Å². The minimum atomic E-state index is -1.13. The van der Waals surface area contributed by atoms with E-state index in [1.807, 2.05) is 6.92 Å². The highest BCUT2D eigenvalue weighted by Gasteiger charge is 2.17. The maximum atomic E-state index is 11.2. The quantitative estimate of drug-likeness (QED) is 0.918. The van der Waals surface area contributed by atoms with Gasteiger partial charge in [-0.05, 0) is 25.5 Å². The molecule has 0 saturated heterocycles. The van der Waals surface area contributed by atoms with Crippen molar-refractivity contribution in [3.63, 3.8) is 0 Å². The van der Waals surface area contributed by atoms with Crippen molar-refractivity contribution in [2.45, 2.75) is 26.9 Å². The van der Waals surface area contributed by atoms with E-state index in [1.54, 1.807) is 30.8 Å². The Kier molecular flexibility index (Phi) is 4.47. The molecule has 0 radical (unpaired) electrons. The molecule has 1 N–H and O–H groups in total. The van der Waals surface area contributed by atoms with Crippen LogP contribution in [-0.2, 0) is 20.1 Å². The highest BCUT2D eigenvalue weighted by atomic mass is 35.5. The van der Waals surface area contributed by atoms with Gasteiger partial charge < -0.3 is 9.84 Å². The molecule has 0 amide bonds. The molecule has 0 aliphatic carbocycles. The van der Waals surface area contributed by atoms with Gasteiger partial charge in [-0.3, -0.25) is 4.68 Å².